The molecule has 1 heterocycles. The minimum Gasteiger partial charge on any atom is -0.506 e. The van der Waals surface area contributed by atoms with Crippen molar-refractivity contribution in [2.75, 3.05) is 23.3 Å². The Morgan fingerprint density at radius 3 is 2.27 bits per heavy atom. The van der Waals surface area contributed by atoms with Gasteiger partial charge in [0, 0.05) is 29.8 Å². The van der Waals surface area contributed by atoms with Crippen LogP contribution in [0.5, 0.6) is 0 Å². The summed E-state index contributed by atoms with van der Waals surface area (Å²) in [6.45, 7) is 16.8. The van der Waals surface area contributed by atoms with Gasteiger partial charge in [0.15, 0.2) is 0 Å². The van der Waals surface area contributed by atoms with E-state index in [1.807, 2.05) is 53.7 Å². The van der Waals surface area contributed by atoms with E-state index >= 15 is 0 Å². The first kappa shape index (κ1) is 30.5. The largest absolute Gasteiger partial charge is 0.506 e. The van der Waals surface area contributed by atoms with Crippen LogP contribution >= 0.6 is 0 Å². The molecule has 0 bridgehead atoms. The van der Waals surface area contributed by atoms with Crippen molar-refractivity contribution in [2.45, 2.75) is 99.5 Å². The maximum atomic E-state index is 13.6. The van der Waals surface area contributed by atoms with Gasteiger partial charge in [-0.1, -0.05) is 46.5 Å². The summed E-state index contributed by atoms with van der Waals surface area (Å²) >= 11 is 0. The number of aliphatic hydroxyl groups excluding tert-OH is 1. The molecule has 0 radical (unpaired) electrons. The van der Waals surface area contributed by atoms with Gasteiger partial charge in [0.2, 0.25) is 11.7 Å². The third kappa shape index (κ3) is 5.84. The molecule has 8 nitrogen and oxygen atoms in total. The van der Waals surface area contributed by atoms with E-state index in [0.29, 0.717) is 23.4 Å². The number of hydrazone groups is 1. The van der Waals surface area contributed by atoms with Crippen LogP contribution in [0.1, 0.15) is 99.5 Å². The van der Waals surface area contributed by atoms with Crippen LogP contribution in [0.25, 0.3) is 5.57 Å². The van der Waals surface area contributed by atoms with E-state index in [-0.39, 0.29) is 28.4 Å². The molecule has 1 aromatic carbocycles. The van der Waals surface area contributed by atoms with Crippen LogP contribution in [0, 0.1) is 11.3 Å². The number of Topliss-reactive ketones (excluding diaryl/α,β-unsaturated/α-hetero) is 1. The van der Waals surface area contributed by atoms with E-state index in [2.05, 4.69) is 22.2 Å². The first-order valence-corrected chi connectivity index (χ1v) is 15.0. The Hall–Kier alpha value is -3.42. The van der Waals surface area contributed by atoms with Crippen LogP contribution in [-0.2, 0) is 14.4 Å². The van der Waals surface area contributed by atoms with Gasteiger partial charge < -0.3 is 15.3 Å². The van der Waals surface area contributed by atoms with Gasteiger partial charge in [0.25, 0.3) is 5.91 Å². The minimum absolute atomic E-state index is 0.0139. The van der Waals surface area contributed by atoms with Gasteiger partial charge in [-0.05, 0) is 71.6 Å². The number of nitrogens with one attached hydrogen (secondary N) is 1. The molecular formula is C33H46N4O4. The molecule has 222 valence electrons. The summed E-state index contributed by atoms with van der Waals surface area (Å²) in [5, 5.41) is 20.0. The molecule has 1 saturated carbocycles. The molecular weight excluding hydrogens is 516 g/mol. The Morgan fingerprint density at radius 1 is 1.07 bits per heavy atom. The molecule has 0 saturated heterocycles. The molecule has 3 aliphatic rings. The first-order valence-electron chi connectivity index (χ1n) is 15.0. The second-order valence-corrected chi connectivity index (χ2v) is 13.2. The lowest BCUT2D eigenvalue weighted by Crippen LogP contribution is -2.40. The molecule has 1 fully saturated rings. The summed E-state index contributed by atoms with van der Waals surface area (Å²) in [5.74, 6) is -0.475. The third-order valence-corrected chi connectivity index (χ3v) is 8.88. The molecule has 41 heavy (non-hydrogen) atoms. The number of nitrogens with zero attached hydrogens (tertiary/aromatic N) is 3. The van der Waals surface area contributed by atoms with Gasteiger partial charge in [0.05, 0.1) is 33.7 Å². The highest BCUT2D eigenvalue weighted by atomic mass is 16.3. The number of carbonyl (C=O) groups is 3. The average Bonchev–Trinajstić information content (AvgIpc) is 3.54. The number of hydrogen-bond acceptors (Lipinski definition) is 6. The first-order chi connectivity index (χ1) is 19.2. The van der Waals surface area contributed by atoms with Gasteiger partial charge in [-0.25, -0.2) is 5.01 Å². The summed E-state index contributed by atoms with van der Waals surface area (Å²) in [6.07, 6.45) is 6.97. The standard InChI is InChI=1S/C33H46N4O4/c1-9-33(7,8)31(41)34-24-19-22(36(10-2)18-17-21-13-11-12-14-21)15-16-23(24)26-28(38)27(29(26)39)25-20(3)35-37(30(25)40)32(4,5)6/h15-16,19,21,38H,9-14,17-18H2,1-8H3,(H,34,41). The number of ketones is 1. The minimum atomic E-state index is -0.617. The topological polar surface area (TPSA) is 102 Å². The summed E-state index contributed by atoms with van der Waals surface area (Å²) < 4.78 is 0. The molecule has 1 aromatic rings. The third-order valence-electron chi connectivity index (χ3n) is 8.88. The summed E-state index contributed by atoms with van der Waals surface area (Å²) in [7, 11) is 0. The Morgan fingerprint density at radius 2 is 1.73 bits per heavy atom. The fourth-order valence-electron chi connectivity index (χ4n) is 5.74. The Kier molecular flexibility index (Phi) is 8.53. The van der Waals surface area contributed by atoms with Crippen LogP contribution in [0.4, 0.5) is 11.4 Å². The molecule has 2 N–H and O–H groups in total. The van der Waals surface area contributed by atoms with Crippen LogP contribution < -0.4 is 10.2 Å². The smallest absolute Gasteiger partial charge is 0.277 e. The zero-order chi connectivity index (χ0) is 30.3. The number of carbonyl (C=O) groups excluding carboxylic acids is 3. The molecule has 1 aliphatic heterocycles. The quantitative estimate of drug-likeness (QED) is 0.329. The van der Waals surface area contributed by atoms with Gasteiger partial charge in [0.1, 0.15) is 5.76 Å². The van der Waals surface area contributed by atoms with Gasteiger partial charge in [-0.2, -0.15) is 5.10 Å². The average molecular weight is 563 g/mol. The van der Waals surface area contributed by atoms with E-state index in [1.54, 1.807) is 13.0 Å². The number of rotatable bonds is 9. The SMILES string of the molecule is CCN(CCC1CCCC1)c1ccc(C2=C(O)C(=C3C(=O)N(C(C)(C)C)N=C3C)C2=O)c(NC(=O)C(C)(C)CC)c1. The van der Waals surface area contributed by atoms with E-state index in [9.17, 15) is 19.5 Å². The van der Waals surface area contributed by atoms with E-state index in [0.717, 1.165) is 31.1 Å². The van der Waals surface area contributed by atoms with Crippen molar-refractivity contribution in [1.82, 2.24) is 5.01 Å². The molecule has 0 unspecified atom stereocenters. The van der Waals surface area contributed by atoms with Gasteiger partial charge >= 0.3 is 0 Å². The normalized spacial score (nSPS) is 20.1. The van der Waals surface area contributed by atoms with Crippen molar-refractivity contribution in [2.24, 2.45) is 16.4 Å². The van der Waals surface area contributed by atoms with Crippen molar-refractivity contribution in [3.63, 3.8) is 0 Å². The van der Waals surface area contributed by atoms with Crippen LogP contribution in [0.15, 0.2) is 40.2 Å². The van der Waals surface area contributed by atoms with Crippen LogP contribution in [-0.4, -0.2) is 52.1 Å². The summed E-state index contributed by atoms with van der Waals surface area (Å²) in [4.78, 5) is 42.4. The predicted molar refractivity (Wildman–Crippen MR) is 165 cm³/mol. The molecule has 8 heteroatoms. The second-order valence-electron chi connectivity index (χ2n) is 13.2. The highest BCUT2D eigenvalue weighted by Gasteiger charge is 2.45. The summed E-state index contributed by atoms with van der Waals surface area (Å²) in [6, 6.07) is 5.65. The van der Waals surface area contributed by atoms with E-state index in [4.69, 9.17) is 0 Å². The molecule has 0 aromatic heterocycles. The highest BCUT2D eigenvalue weighted by Crippen LogP contribution is 2.44. The van der Waals surface area contributed by atoms with Crippen molar-refractivity contribution < 1.29 is 19.5 Å². The van der Waals surface area contributed by atoms with E-state index < -0.39 is 22.6 Å². The number of amides is 2. The zero-order valence-electron chi connectivity index (χ0n) is 26.0. The van der Waals surface area contributed by atoms with Crippen LogP contribution in [0.2, 0.25) is 0 Å². The Balaban J connectivity index is 1.74. The molecule has 4 rings (SSSR count). The van der Waals surface area contributed by atoms with Gasteiger partial charge in [-0.3, -0.25) is 14.4 Å². The van der Waals surface area contributed by atoms with Crippen molar-refractivity contribution in [1.29, 1.82) is 0 Å². The Labute approximate surface area is 244 Å². The fraction of sp³-hybridized carbons (Fsp3) is 0.576. The fourth-order valence-corrected chi connectivity index (χ4v) is 5.74. The summed E-state index contributed by atoms with van der Waals surface area (Å²) in [5.41, 5.74) is 1.31. The number of allylic oxidation sites excluding steroid dienone is 2. The van der Waals surface area contributed by atoms with Crippen molar-refractivity contribution in [3.05, 3.63) is 40.7 Å². The maximum Gasteiger partial charge on any atom is 0.277 e. The lowest BCUT2D eigenvalue weighted by molar-refractivity contribution is -0.130. The molecule has 0 spiro atoms. The van der Waals surface area contributed by atoms with Crippen LogP contribution in [0.3, 0.4) is 0 Å². The molecule has 2 amide bonds. The highest BCUT2D eigenvalue weighted by molar-refractivity contribution is 6.44. The van der Waals surface area contributed by atoms with Crippen molar-refractivity contribution in [3.8, 4) is 0 Å². The lowest BCUT2D eigenvalue weighted by atomic mass is 9.79. The van der Waals surface area contributed by atoms with Crippen molar-refractivity contribution >= 4 is 40.3 Å². The van der Waals surface area contributed by atoms with Gasteiger partial charge in [-0.15, -0.1) is 0 Å². The number of anilines is 2. The maximum absolute atomic E-state index is 13.6. The monoisotopic (exact) mass is 562 g/mol. The zero-order valence-corrected chi connectivity index (χ0v) is 26.0. The number of benzene rings is 1. The lowest BCUT2D eigenvalue weighted by Gasteiger charge is -2.30. The second kappa shape index (κ2) is 11.5. The number of aliphatic hydroxyl groups is 1. The number of hydrogen-bond donors (Lipinski definition) is 2. The Bertz CT molecular complexity index is 1340. The van der Waals surface area contributed by atoms with E-state index in [1.165, 1.54) is 30.7 Å². The molecule has 2 aliphatic carbocycles. The molecule has 0 atom stereocenters. The predicted octanol–water partition coefficient (Wildman–Crippen LogP) is 6.63.